The number of anilines is 1. The largest absolute Gasteiger partial charge is 0.494 e. The average Bonchev–Trinajstić information content (AvgIpc) is 3.23. The van der Waals surface area contributed by atoms with Crippen molar-refractivity contribution in [2.24, 2.45) is 0 Å². The molecule has 3 saturated heterocycles. The number of hydrogen-bond acceptors (Lipinski definition) is 5. The van der Waals surface area contributed by atoms with E-state index in [2.05, 4.69) is 69.5 Å². The number of nitrogens with zero attached hydrogens (tertiary/aromatic N) is 2. The van der Waals surface area contributed by atoms with Crippen LogP contribution in [-0.4, -0.2) is 66.5 Å². The van der Waals surface area contributed by atoms with Crippen LogP contribution >= 0.6 is 0 Å². The number of carbonyl (C=O) groups is 1. The Bertz CT molecular complexity index is 959. The van der Waals surface area contributed by atoms with Gasteiger partial charge in [-0.05, 0) is 84.3 Å². The molecule has 7 heteroatoms. The number of hydrogen-bond donors (Lipinski definition) is 0. The number of amides is 1. The van der Waals surface area contributed by atoms with Crippen LogP contribution in [-0.2, 0) is 24.3 Å². The zero-order valence-electron chi connectivity index (χ0n) is 20.9. The number of benzene rings is 1. The quantitative estimate of drug-likeness (QED) is 0.661. The highest BCUT2D eigenvalue weighted by Crippen LogP contribution is 2.47. The molecule has 6 nitrogen and oxygen atoms in total. The molecule has 1 amide bonds. The third kappa shape index (κ3) is 3.26. The summed E-state index contributed by atoms with van der Waals surface area (Å²) in [5.74, 6) is 0.217. The Hall–Kier alpha value is -1.41. The fourth-order valence-corrected chi connectivity index (χ4v) is 6.30. The Labute approximate surface area is 198 Å². The molecular formula is C26H37BN2O4. The minimum Gasteiger partial charge on any atom is -0.399 e. The molecule has 0 N–H and O–H groups in total. The molecule has 2 atom stereocenters. The van der Waals surface area contributed by atoms with Crippen molar-refractivity contribution in [1.29, 1.82) is 0 Å². The van der Waals surface area contributed by atoms with Gasteiger partial charge in [0, 0.05) is 30.9 Å². The molecule has 0 aromatic heterocycles. The van der Waals surface area contributed by atoms with Gasteiger partial charge in [-0.15, -0.1) is 0 Å². The van der Waals surface area contributed by atoms with Crippen LogP contribution in [0.4, 0.5) is 5.69 Å². The second-order valence-electron chi connectivity index (χ2n) is 12.4. The van der Waals surface area contributed by atoms with Crippen molar-refractivity contribution in [2.45, 2.75) is 108 Å². The third-order valence-corrected chi connectivity index (χ3v) is 9.28. The highest BCUT2D eigenvalue weighted by molar-refractivity contribution is 6.62. The van der Waals surface area contributed by atoms with E-state index >= 15 is 0 Å². The molecule has 1 aliphatic carbocycles. The van der Waals surface area contributed by atoms with E-state index in [0.29, 0.717) is 18.2 Å². The zero-order valence-corrected chi connectivity index (χ0v) is 20.9. The molecule has 1 saturated carbocycles. The Balaban J connectivity index is 1.24. The van der Waals surface area contributed by atoms with Gasteiger partial charge < -0.3 is 18.9 Å². The minimum absolute atomic E-state index is 0.217. The third-order valence-electron chi connectivity index (χ3n) is 9.28. The number of carbonyl (C=O) groups excluding carboxylic acids is 1. The van der Waals surface area contributed by atoms with Crippen molar-refractivity contribution in [3.8, 4) is 0 Å². The van der Waals surface area contributed by atoms with E-state index in [-0.39, 0.29) is 23.2 Å². The van der Waals surface area contributed by atoms with Crippen LogP contribution in [0, 0.1) is 0 Å². The lowest BCUT2D eigenvalue weighted by Gasteiger charge is -2.49. The van der Waals surface area contributed by atoms with Crippen LogP contribution in [0.2, 0.25) is 0 Å². The predicted octanol–water partition coefficient (Wildman–Crippen LogP) is 3.00. The fraction of sp³-hybridized carbons (Fsp3) is 0.731. The van der Waals surface area contributed by atoms with Gasteiger partial charge in [0.05, 0.1) is 28.8 Å². The highest BCUT2D eigenvalue weighted by Gasteiger charge is 2.54. The smallest absolute Gasteiger partial charge is 0.399 e. The number of likely N-dealkylation sites (tertiary alicyclic amines) is 1. The molecule has 4 heterocycles. The molecule has 1 aromatic rings. The second kappa shape index (κ2) is 7.06. The summed E-state index contributed by atoms with van der Waals surface area (Å²) in [5, 5.41) is 0. The topological polar surface area (TPSA) is 51.2 Å². The fourth-order valence-electron chi connectivity index (χ4n) is 6.30. The van der Waals surface area contributed by atoms with Crippen molar-refractivity contribution in [2.75, 3.05) is 18.0 Å². The summed E-state index contributed by atoms with van der Waals surface area (Å²) < 4.78 is 18.6. The summed E-state index contributed by atoms with van der Waals surface area (Å²) in [6.07, 6.45) is 5.32. The maximum atomic E-state index is 13.6. The summed E-state index contributed by atoms with van der Waals surface area (Å²) >= 11 is 0. The van der Waals surface area contributed by atoms with Gasteiger partial charge in [-0.3, -0.25) is 9.69 Å². The molecular weight excluding hydrogens is 415 g/mol. The molecule has 5 aliphatic rings. The molecule has 1 aromatic carbocycles. The summed E-state index contributed by atoms with van der Waals surface area (Å²) in [6.45, 7) is 14.5. The first-order chi connectivity index (χ1) is 15.5. The Morgan fingerprint density at radius 3 is 2.12 bits per heavy atom. The lowest BCUT2D eigenvalue weighted by atomic mass is 9.76. The maximum Gasteiger partial charge on any atom is 0.494 e. The van der Waals surface area contributed by atoms with Gasteiger partial charge in [-0.1, -0.05) is 12.1 Å². The van der Waals surface area contributed by atoms with E-state index in [1.165, 1.54) is 12.8 Å². The molecule has 0 spiro atoms. The van der Waals surface area contributed by atoms with Crippen molar-refractivity contribution >= 4 is 24.2 Å². The Morgan fingerprint density at radius 2 is 1.52 bits per heavy atom. The van der Waals surface area contributed by atoms with Crippen LogP contribution < -0.4 is 10.4 Å². The molecule has 2 unspecified atom stereocenters. The van der Waals surface area contributed by atoms with E-state index in [4.69, 9.17) is 14.0 Å². The maximum absolute atomic E-state index is 13.6. The molecule has 4 fully saturated rings. The van der Waals surface area contributed by atoms with Crippen molar-refractivity contribution in [3.63, 3.8) is 0 Å². The summed E-state index contributed by atoms with van der Waals surface area (Å²) in [5.41, 5.74) is 1.87. The summed E-state index contributed by atoms with van der Waals surface area (Å²) in [4.78, 5) is 18.3. The van der Waals surface area contributed by atoms with E-state index in [9.17, 15) is 4.79 Å². The van der Waals surface area contributed by atoms with Gasteiger partial charge in [0.15, 0.2) is 0 Å². The van der Waals surface area contributed by atoms with Crippen molar-refractivity contribution in [3.05, 3.63) is 23.8 Å². The van der Waals surface area contributed by atoms with Gasteiger partial charge >= 0.3 is 7.12 Å². The lowest BCUT2D eigenvalue weighted by Crippen LogP contribution is -2.59. The van der Waals surface area contributed by atoms with Crippen LogP contribution in [0.5, 0.6) is 0 Å². The van der Waals surface area contributed by atoms with Crippen molar-refractivity contribution in [1.82, 2.24) is 4.90 Å². The van der Waals surface area contributed by atoms with Crippen molar-refractivity contribution < 1.29 is 18.8 Å². The first kappa shape index (κ1) is 22.1. The summed E-state index contributed by atoms with van der Waals surface area (Å²) in [7, 11) is -0.418. The molecule has 4 aliphatic heterocycles. The van der Waals surface area contributed by atoms with Crippen LogP contribution in [0.1, 0.15) is 72.8 Å². The zero-order chi connectivity index (χ0) is 23.3. The number of rotatable bonds is 3. The molecule has 6 rings (SSSR count). The lowest BCUT2D eigenvalue weighted by molar-refractivity contribution is -0.123. The molecule has 0 radical (unpaired) electrons. The van der Waals surface area contributed by atoms with Gasteiger partial charge in [0.1, 0.15) is 0 Å². The summed E-state index contributed by atoms with van der Waals surface area (Å²) in [6, 6.07) is 7.16. The Kier molecular flexibility index (Phi) is 4.73. The first-order valence-electron chi connectivity index (χ1n) is 12.7. The van der Waals surface area contributed by atoms with E-state index in [1.54, 1.807) is 0 Å². The minimum atomic E-state index is -0.507. The Morgan fingerprint density at radius 1 is 0.909 bits per heavy atom. The second-order valence-corrected chi connectivity index (χ2v) is 12.4. The van der Waals surface area contributed by atoms with Gasteiger partial charge in [-0.2, -0.15) is 0 Å². The van der Waals surface area contributed by atoms with Gasteiger partial charge in [-0.25, -0.2) is 0 Å². The normalized spacial score (nSPS) is 36.2. The van der Waals surface area contributed by atoms with Crippen LogP contribution in [0.25, 0.3) is 0 Å². The van der Waals surface area contributed by atoms with Crippen LogP contribution in [0.3, 0.4) is 0 Å². The van der Waals surface area contributed by atoms with E-state index < -0.39 is 12.5 Å². The molecule has 33 heavy (non-hydrogen) atoms. The highest BCUT2D eigenvalue weighted by atomic mass is 16.7. The first-order valence-corrected chi connectivity index (χ1v) is 12.7. The van der Waals surface area contributed by atoms with E-state index in [0.717, 1.165) is 42.6 Å². The standard InChI is InChI=1S/C26H37BN2O4/c1-24(2)21-10-7-16(27-32-25(3,4)26(5,6)33-27)11-22(21)29(23(24)30)18-12-17(13-18)28-14-19-8-9-20(15-28)31-19/h7,10-11,17-20H,8-9,12-15H2,1-6H3/t17-,18+,19?,20?. The van der Waals surface area contributed by atoms with E-state index in [1.807, 2.05) is 0 Å². The SMILES string of the molecule is CC1(C)C(=O)N([C@H]2C[C@@H](N3CC4CCC(C3)O4)C2)c2cc(B3OC(C)(C)C(C)(C)O3)ccc21. The monoisotopic (exact) mass is 452 g/mol. The average molecular weight is 452 g/mol. The molecule has 178 valence electrons. The number of morpholine rings is 1. The van der Waals surface area contributed by atoms with Gasteiger partial charge in [0.2, 0.25) is 5.91 Å². The predicted molar refractivity (Wildman–Crippen MR) is 129 cm³/mol. The number of ether oxygens (including phenoxy) is 1. The number of fused-ring (bicyclic) bond motifs is 3. The van der Waals surface area contributed by atoms with Gasteiger partial charge in [0.25, 0.3) is 0 Å². The molecule has 2 bridgehead atoms. The van der Waals surface area contributed by atoms with Crippen LogP contribution in [0.15, 0.2) is 18.2 Å².